The van der Waals surface area contributed by atoms with Crippen LogP contribution in [0.5, 0.6) is 0 Å². The van der Waals surface area contributed by atoms with E-state index in [9.17, 15) is 9.59 Å². The van der Waals surface area contributed by atoms with Gasteiger partial charge < -0.3 is 20.5 Å². The van der Waals surface area contributed by atoms with E-state index < -0.39 is 16.0 Å². The summed E-state index contributed by atoms with van der Waals surface area (Å²) in [5.41, 5.74) is 0. The molecule has 2 amide bonds. The van der Waals surface area contributed by atoms with Crippen molar-refractivity contribution in [3.05, 3.63) is 29.3 Å². The van der Waals surface area contributed by atoms with Crippen LogP contribution in [0.3, 0.4) is 0 Å². The molecule has 156 valence electrons. The van der Waals surface area contributed by atoms with Gasteiger partial charge in [0.15, 0.2) is 0 Å². The van der Waals surface area contributed by atoms with Crippen LogP contribution < -0.4 is 10.6 Å². The molecule has 0 radical (unpaired) electrons. The highest BCUT2D eigenvalue weighted by molar-refractivity contribution is 7.99. The molecule has 0 bridgehead atoms. The Labute approximate surface area is 187 Å². The number of hydrogen-bond acceptors (Lipinski definition) is 4. The van der Waals surface area contributed by atoms with Gasteiger partial charge in [0, 0.05) is 27.8 Å². The van der Waals surface area contributed by atoms with Gasteiger partial charge in [0.05, 0.1) is 0 Å². The zero-order valence-electron chi connectivity index (χ0n) is 14.7. The number of thioether (sulfide) groups is 1. The van der Waals surface area contributed by atoms with Crippen molar-refractivity contribution in [2.45, 2.75) is 40.0 Å². The summed E-state index contributed by atoms with van der Waals surface area (Å²) in [6, 6.07) is 7.12. The Kier molecular flexibility index (Phi) is 9.15. The predicted molar refractivity (Wildman–Crippen MR) is 113 cm³/mol. The lowest BCUT2D eigenvalue weighted by Gasteiger charge is -2.36. The molecular formula is C17H20Cl4N2O4S. The van der Waals surface area contributed by atoms with Gasteiger partial charge in [-0.05, 0) is 49.4 Å². The molecule has 6 nitrogen and oxygen atoms in total. The molecule has 0 saturated heterocycles. The lowest BCUT2D eigenvalue weighted by Crippen LogP contribution is -2.49. The van der Waals surface area contributed by atoms with Crippen molar-refractivity contribution in [3.63, 3.8) is 0 Å². The lowest BCUT2D eigenvalue weighted by molar-refractivity contribution is 0.132. The van der Waals surface area contributed by atoms with Gasteiger partial charge in [0.1, 0.15) is 6.61 Å². The van der Waals surface area contributed by atoms with E-state index in [1.165, 1.54) is 0 Å². The summed E-state index contributed by atoms with van der Waals surface area (Å²) in [4.78, 5) is 24.0. The van der Waals surface area contributed by atoms with Gasteiger partial charge in [-0.1, -0.05) is 46.4 Å². The fourth-order valence-electron chi connectivity index (χ4n) is 3.02. The Morgan fingerprint density at radius 3 is 2.46 bits per heavy atom. The number of carbonyl (C=O) groups is 2. The number of hydrogen-bond donors (Lipinski definition) is 3. The summed E-state index contributed by atoms with van der Waals surface area (Å²) in [6.45, 7) is -0.358. The smallest absolute Gasteiger partial charge is 0.407 e. The first kappa shape index (κ1) is 23.5. The second kappa shape index (κ2) is 10.9. The van der Waals surface area contributed by atoms with Crippen LogP contribution in [0.25, 0.3) is 0 Å². The number of carboxylic acid groups (broad SMARTS) is 1. The molecule has 0 aliphatic heterocycles. The Morgan fingerprint density at radius 2 is 1.86 bits per heavy atom. The molecule has 1 aromatic carbocycles. The van der Waals surface area contributed by atoms with Gasteiger partial charge in [-0.15, -0.1) is 11.8 Å². The second-order valence-electron chi connectivity index (χ2n) is 6.43. The first-order chi connectivity index (χ1) is 13.1. The first-order valence-electron chi connectivity index (χ1n) is 8.50. The monoisotopic (exact) mass is 488 g/mol. The summed E-state index contributed by atoms with van der Waals surface area (Å²) in [5, 5.41) is 15.0. The molecule has 3 atom stereocenters. The number of rotatable bonds is 6. The third-order valence-electron chi connectivity index (χ3n) is 4.26. The number of ether oxygens (including phenoxy) is 1. The maximum absolute atomic E-state index is 12.0. The van der Waals surface area contributed by atoms with Crippen molar-refractivity contribution in [1.82, 2.24) is 10.6 Å². The van der Waals surface area contributed by atoms with Crippen molar-refractivity contribution in [1.29, 1.82) is 0 Å². The molecule has 28 heavy (non-hydrogen) atoms. The molecule has 1 fully saturated rings. The first-order valence-corrected chi connectivity index (χ1v) is 11.0. The highest BCUT2D eigenvalue weighted by Crippen LogP contribution is 2.32. The van der Waals surface area contributed by atoms with E-state index in [-0.39, 0.29) is 24.6 Å². The predicted octanol–water partition coefficient (Wildman–Crippen LogP) is 5.33. The molecule has 1 aromatic rings. The Bertz CT molecular complexity index is 672. The van der Waals surface area contributed by atoms with Gasteiger partial charge in [0.25, 0.3) is 0 Å². The normalized spacial score (nSPS) is 22.4. The molecule has 1 aliphatic carbocycles. The molecular weight excluding hydrogens is 470 g/mol. The van der Waals surface area contributed by atoms with Gasteiger partial charge >= 0.3 is 12.2 Å². The quantitative estimate of drug-likeness (QED) is 0.371. The van der Waals surface area contributed by atoms with Crippen molar-refractivity contribution in [3.8, 4) is 0 Å². The maximum Gasteiger partial charge on any atom is 0.407 e. The van der Waals surface area contributed by atoms with Gasteiger partial charge in [-0.25, -0.2) is 9.59 Å². The minimum atomic E-state index is -1.68. The van der Waals surface area contributed by atoms with E-state index in [0.29, 0.717) is 30.0 Å². The summed E-state index contributed by atoms with van der Waals surface area (Å²) in [5.74, 6) is 0.723. The lowest BCUT2D eigenvalue weighted by atomic mass is 9.82. The highest BCUT2D eigenvalue weighted by atomic mass is 35.6. The third-order valence-corrected chi connectivity index (χ3v) is 6.04. The zero-order valence-corrected chi connectivity index (χ0v) is 18.5. The van der Waals surface area contributed by atoms with E-state index in [4.69, 9.17) is 56.2 Å². The summed E-state index contributed by atoms with van der Waals surface area (Å²) in [6.07, 6.45) is 0.108. The fourth-order valence-corrected chi connectivity index (χ4v) is 4.41. The third kappa shape index (κ3) is 8.74. The van der Waals surface area contributed by atoms with E-state index in [0.717, 1.165) is 4.90 Å². The highest BCUT2D eigenvalue weighted by Gasteiger charge is 2.33. The van der Waals surface area contributed by atoms with Gasteiger partial charge in [-0.2, -0.15) is 0 Å². The number of alkyl halides is 3. The molecule has 0 aromatic heterocycles. The molecule has 0 spiro atoms. The molecule has 0 heterocycles. The average Bonchev–Trinajstić information content (AvgIpc) is 2.60. The van der Waals surface area contributed by atoms with Crippen molar-refractivity contribution in [2.24, 2.45) is 5.92 Å². The molecule has 2 rings (SSSR count). The number of nitrogens with one attached hydrogen (secondary N) is 2. The number of amides is 2. The summed E-state index contributed by atoms with van der Waals surface area (Å²) < 4.78 is 3.27. The van der Waals surface area contributed by atoms with E-state index >= 15 is 0 Å². The van der Waals surface area contributed by atoms with Crippen LogP contribution in [0.2, 0.25) is 5.02 Å². The maximum atomic E-state index is 12.0. The molecule has 3 N–H and O–H groups in total. The van der Waals surface area contributed by atoms with Crippen molar-refractivity contribution >= 4 is 70.4 Å². The van der Waals surface area contributed by atoms with Crippen LogP contribution >= 0.6 is 58.2 Å². The van der Waals surface area contributed by atoms with Crippen LogP contribution in [-0.2, 0) is 4.74 Å². The molecule has 11 heteroatoms. The standard InChI is InChI=1S/C17H20Cl4N2O4S/c18-11-1-4-13(5-2-11)28-8-10-7-12(22-15(24)25)3-6-14(10)23-16(26)27-9-17(19,20)21/h1-2,4-5,10,12,14,22H,3,6-9H2,(H,23,26)(H,24,25). The molecule has 3 unspecified atom stereocenters. The van der Waals surface area contributed by atoms with E-state index in [2.05, 4.69) is 10.6 Å². The molecule has 1 aliphatic rings. The largest absolute Gasteiger partial charge is 0.465 e. The number of carbonyl (C=O) groups excluding carboxylic acids is 1. The fraction of sp³-hybridized carbons (Fsp3) is 0.529. The Hall–Kier alpha value is -0.730. The van der Waals surface area contributed by atoms with Crippen LogP contribution in [0.1, 0.15) is 19.3 Å². The second-order valence-corrected chi connectivity index (χ2v) is 10.5. The number of halogens is 4. The number of alkyl carbamates (subject to hydrolysis) is 1. The van der Waals surface area contributed by atoms with E-state index in [1.54, 1.807) is 11.8 Å². The summed E-state index contributed by atoms with van der Waals surface area (Å²) >= 11 is 24.3. The average molecular weight is 490 g/mol. The van der Waals surface area contributed by atoms with Crippen molar-refractivity contribution < 1.29 is 19.4 Å². The Balaban J connectivity index is 1.96. The van der Waals surface area contributed by atoms with Crippen LogP contribution in [0.4, 0.5) is 9.59 Å². The minimum absolute atomic E-state index is 0.0339. The molecule has 1 saturated carbocycles. The van der Waals surface area contributed by atoms with E-state index in [1.807, 2.05) is 24.3 Å². The van der Waals surface area contributed by atoms with Gasteiger partial charge in [-0.3, -0.25) is 0 Å². The van der Waals surface area contributed by atoms with Gasteiger partial charge in [0.2, 0.25) is 3.79 Å². The topological polar surface area (TPSA) is 87.7 Å². The zero-order chi connectivity index (χ0) is 20.7. The van der Waals surface area contributed by atoms with Crippen molar-refractivity contribution in [2.75, 3.05) is 12.4 Å². The van der Waals surface area contributed by atoms with Crippen LogP contribution in [0.15, 0.2) is 29.2 Å². The summed E-state index contributed by atoms with van der Waals surface area (Å²) in [7, 11) is 0. The number of benzene rings is 1. The SMILES string of the molecule is O=C(O)NC1CCC(NC(=O)OCC(Cl)(Cl)Cl)C(CSc2ccc(Cl)cc2)C1. The van der Waals surface area contributed by atoms with Crippen LogP contribution in [-0.4, -0.2) is 45.5 Å². The Morgan fingerprint density at radius 1 is 1.18 bits per heavy atom. The minimum Gasteiger partial charge on any atom is -0.465 e. The van der Waals surface area contributed by atoms with Crippen LogP contribution in [0, 0.1) is 5.92 Å².